The molecule has 0 radical (unpaired) electrons. The highest BCUT2D eigenvalue weighted by Crippen LogP contribution is 2.02. The van der Waals surface area contributed by atoms with Gasteiger partial charge in [0, 0.05) is 33.4 Å². The number of hydrogen-bond donors (Lipinski definition) is 2. The molecule has 0 fully saturated rings. The molecular formula is C13H24N4O2. The second-order valence-electron chi connectivity index (χ2n) is 4.62. The van der Waals surface area contributed by atoms with Crippen molar-refractivity contribution in [2.24, 2.45) is 0 Å². The Bertz CT molecular complexity index is 343. The average Bonchev–Trinajstić information content (AvgIpc) is 2.42. The number of hydrogen-bond acceptors (Lipinski definition) is 6. The van der Waals surface area contributed by atoms with Gasteiger partial charge >= 0.3 is 0 Å². The van der Waals surface area contributed by atoms with Crippen LogP contribution in [0.2, 0.25) is 0 Å². The van der Waals surface area contributed by atoms with Crippen molar-refractivity contribution in [3.05, 3.63) is 18.1 Å². The Kier molecular flexibility index (Phi) is 7.32. The Balaban J connectivity index is 2.39. The van der Waals surface area contributed by atoms with E-state index in [1.807, 2.05) is 0 Å². The van der Waals surface area contributed by atoms with Crippen molar-refractivity contribution in [1.82, 2.24) is 15.3 Å². The molecule has 6 heteroatoms. The van der Waals surface area contributed by atoms with Gasteiger partial charge in [0.1, 0.15) is 5.82 Å². The topological polar surface area (TPSA) is 68.3 Å². The molecule has 1 atom stereocenters. The van der Waals surface area contributed by atoms with Crippen LogP contribution in [0.25, 0.3) is 0 Å². The molecule has 1 aromatic rings. The maximum Gasteiger partial charge on any atom is 0.144 e. The molecule has 1 unspecified atom stereocenters. The minimum absolute atomic E-state index is 0.00841. The van der Waals surface area contributed by atoms with Crippen LogP contribution in [0.1, 0.15) is 19.5 Å². The molecule has 0 spiro atoms. The normalized spacial score (nSPS) is 12.7. The number of methoxy groups -OCH3 is 2. The van der Waals surface area contributed by atoms with Crippen molar-refractivity contribution >= 4 is 5.82 Å². The summed E-state index contributed by atoms with van der Waals surface area (Å²) >= 11 is 0. The highest BCUT2D eigenvalue weighted by molar-refractivity contribution is 5.31. The van der Waals surface area contributed by atoms with Gasteiger partial charge in [-0.1, -0.05) is 13.8 Å². The minimum atomic E-state index is 0.00841. The van der Waals surface area contributed by atoms with Crippen molar-refractivity contribution < 1.29 is 9.47 Å². The van der Waals surface area contributed by atoms with E-state index in [-0.39, 0.29) is 6.10 Å². The van der Waals surface area contributed by atoms with Gasteiger partial charge in [-0.25, -0.2) is 4.98 Å². The van der Waals surface area contributed by atoms with Gasteiger partial charge in [-0.2, -0.15) is 0 Å². The summed E-state index contributed by atoms with van der Waals surface area (Å²) in [6, 6.07) is 0.441. The first-order valence-electron chi connectivity index (χ1n) is 6.45. The molecule has 0 bridgehead atoms. The van der Waals surface area contributed by atoms with Gasteiger partial charge < -0.3 is 20.1 Å². The number of nitrogens with zero attached hydrogens (tertiary/aromatic N) is 2. The number of aromatic nitrogens is 2. The molecule has 1 aromatic heterocycles. The van der Waals surface area contributed by atoms with E-state index in [0.29, 0.717) is 19.2 Å². The molecule has 0 aromatic carbocycles. The zero-order valence-corrected chi connectivity index (χ0v) is 12.1. The van der Waals surface area contributed by atoms with Crippen LogP contribution >= 0.6 is 0 Å². The van der Waals surface area contributed by atoms with Gasteiger partial charge in [0.05, 0.1) is 30.8 Å². The Morgan fingerprint density at radius 3 is 2.53 bits per heavy atom. The molecule has 1 heterocycles. The molecule has 0 aliphatic heterocycles. The summed E-state index contributed by atoms with van der Waals surface area (Å²) in [6.07, 6.45) is 3.52. The Labute approximate surface area is 114 Å². The third kappa shape index (κ3) is 6.47. The number of anilines is 1. The molecule has 0 aliphatic carbocycles. The molecular weight excluding hydrogens is 244 g/mol. The SMILES string of the molecule is COCC(CNc1cnc(CNC(C)C)cn1)OC. The summed E-state index contributed by atoms with van der Waals surface area (Å²) in [5.41, 5.74) is 0.930. The third-order valence-electron chi connectivity index (χ3n) is 2.59. The van der Waals surface area contributed by atoms with Crippen LogP contribution in [0, 0.1) is 0 Å². The molecule has 108 valence electrons. The van der Waals surface area contributed by atoms with Crippen LogP contribution < -0.4 is 10.6 Å². The van der Waals surface area contributed by atoms with E-state index in [4.69, 9.17) is 9.47 Å². The number of ether oxygens (including phenoxy) is 2. The van der Waals surface area contributed by atoms with Gasteiger partial charge in [-0.05, 0) is 0 Å². The van der Waals surface area contributed by atoms with Crippen LogP contribution in [0.4, 0.5) is 5.82 Å². The van der Waals surface area contributed by atoms with E-state index in [9.17, 15) is 0 Å². The summed E-state index contributed by atoms with van der Waals surface area (Å²) < 4.78 is 10.3. The highest BCUT2D eigenvalue weighted by atomic mass is 16.5. The van der Waals surface area contributed by atoms with Gasteiger partial charge in [0.2, 0.25) is 0 Å². The monoisotopic (exact) mass is 268 g/mol. The first-order chi connectivity index (χ1) is 9.15. The Morgan fingerprint density at radius 2 is 2.00 bits per heavy atom. The predicted octanol–water partition coefficient (Wildman–Crippen LogP) is 1.05. The molecule has 0 aliphatic rings. The number of rotatable bonds is 9. The molecule has 6 nitrogen and oxygen atoms in total. The lowest BCUT2D eigenvalue weighted by Crippen LogP contribution is -2.27. The lowest BCUT2D eigenvalue weighted by Gasteiger charge is -2.15. The summed E-state index contributed by atoms with van der Waals surface area (Å²) in [6.45, 7) is 6.12. The second kappa shape index (κ2) is 8.79. The van der Waals surface area contributed by atoms with Crippen LogP contribution in [-0.2, 0) is 16.0 Å². The zero-order valence-electron chi connectivity index (χ0n) is 12.1. The lowest BCUT2D eigenvalue weighted by molar-refractivity contribution is 0.0365. The van der Waals surface area contributed by atoms with Crippen LogP contribution in [0.5, 0.6) is 0 Å². The van der Waals surface area contributed by atoms with E-state index >= 15 is 0 Å². The van der Waals surface area contributed by atoms with E-state index < -0.39 is 0 Å². The van der Waals surface area contributed by atoms with Crippen LogP contribution in [0.15, 0.2) is 12.4 Å². The first kappa shape index (κ1) is 15.8. The van der Waals surface area contributed by atoms with Crippen molar-refractivity contribution in [3.8, 4) is 0 Å². The fourth-order valence-electron chi connectivity index (χ4n) is 1.46. The van der Waals surface area contributed by atoms with Crippen LogP contribution in [-0.4, -0.2) is 49.5 Å². The first-order valence-corrected chi connectivity index (χ1v) is 6.45. The Morgan fingerprint density at radius 1 is 1.21 bits per heavy atom. The Hall–Kier alpha value is -1.24. The summed E-state index contributed by atoms with van der Waals surface area (Å²) in [5, 5.41) is 6.47. The molecule has 2 N–H and O–H groups in total. The van der Waals surface area contributed by atoms with E-state index in [2.05, 4.69) is 34.4 Å². The smallest absolute Gasteiger partial charge is 0.144 e. The standard InChI is InChI=1S/C13H24N4O2/c1-10(2)14-5-11-6-16-13(8-15-11)17-7-12(19-4)9-18-3/h6,8,10,12,14H,5,7,9H2,1-4H3,(H,16,17). The largest absolute Gasteiger partial charge is 0.382 e. The van der Waals surface area contributed by atoms with Crippen molar-refractivity contribution in [2.45, 2.75) is 32.5 Å². The highest BCUT2D eigenvalue weighted by Gasteiger charge is 2.06. The van der Waals surface area contributed by atoms with Crippen LogP contribution in [0.3, 0.4) is 0 Å². The van der Waals surface area contributed by atoms with Gasteiger partial charge in [0.15, 0.2) is 0 Å². The molecule has 1 rings (SSSR count). The van der Waals surface area contributed by atoms with E-state index in [1.165, 1.54) is 0 Å². The van der Waals surface area contributed by atoms with Crippen molar-refractivity contribution in [3.63, 3.8) is 0 Å². The maximum atomic E-state index is 5.26. The summed E-state index contributed by atoms with van der Waals surface area (Å²) in [4.78, 5) is 8.65. The quantitative estimate of drug-likeness (QED) is 0.697. The third-order valence-corrected chi connectivity index (χ3v) is 2.59. The van der Waals surface area contributed by atoms with E-state index in [1.54, 1.807) is 26.6 Å². The van der Waals surface area contributed by atoms with Crippen molar-refractivity contribution in [2.75, 3.05) is 32.7 Å². The summed E-state index contributed by atoms with van der Waals surface area (Å²) in [5.74, 6) is 0.742. The second-order valence-corrected chi connectivity index (χ2v) is 4.62. The minimum Gasteiger partial charge on any atom is -0.382 e. The lowest BCUT2D eigenvalue weighted by atomic mass is 10.3. The summed E-state index contributed by atoms with van der Waals surface area (Å²) in [7, 11) is 3.32. The van der Waals surface area contributed by atoms with E-state index in [0.717, 1.165) is 18.1 Å². The zero-order chi connectivity index (χ0) is 14.1. The molecule has 0 saturated carbocycles. The van der Waals surface area contributed by atoms with Crippen molar-refractivity contribution in [1.29, 1.82) is 0 Å². The number of nitrogens with one attached hydrogen (secondary N) is 2. The fraction of sp³-hybridized carbons (Fsp3) is 0.692. The molecule has 19 heavy (non-hydrogen) atoms. The van der Waals surface area contributed by atoms with Gasteiger partial charge in [-0.3, -0.25) is 4.98 Å². The average molecular weight is 268 g/mol. The molecule has 0 saturated heterocycles. The predicted molar refractivity (Wildman–Crippen MR) is 75.2 cm³/mol. The molecule has 0 amide bonds. The van der Waals surface area contributed by atoms with Gasteiger partial charge in [-0.15, -0.1) is 0 Å². The van der Waals surface area contributed by atoms with Gasteiger partial charge in [0.25, 0.3) is 0 Å². The fourth-order valence-corrected chi connectivity index (χ4v) is 1.46. The maximum absolute atomic E-state index is 5.26.